The molecule has 2 aromatic carbocycles. The average molecular weight is 451 g/mol. The second kappa shape index (κ2) is 20.4. The van der Waals surface area contributed by atoms with E-state index < -0.39 is 5.97 Å². The molecule has 2 aromatic rings. The first-order valence-electron chi connectivity index (χ1n) is 9.96. The predicted octanol–water partition coefficient (Wildman–Crippen LogP) is 4.96. The number of carboxylic acid groups (broad SMARTS) is 1. The number of halogens is 1. The average Bonchev–Trinajstić information content (AvgIpc) is 3.31. The Balaban J connectivity index is 0. The van der Waals surface area contributed by atoms with Gasteiger partial charge >= 0.3 is 5.97 Å². The van der Waals surface area contributed by atoms with E-state index in [0.717, 1.165) is 30.9 Å². The maximum Gasteiger partial charge on any atom is 0.335 e. The molecule has 1 heterocycles. The maximum atomic E-state index is 10.4. The molecule has 0 aliphatic carbocycles. The van der Waals surface area contributed by atoms with Crippen LogP contribution in [0.2, 0.25) is 5.02 Å². The van der Waals surface area contributed by atoms with Gasteiger partial charge in [0.2, 0.25) is 6.41 Å². The predicted molar refractivity (Wildman–Crippen MR) is 129 cm³/mol. The summed E-state index contributed by atoms with van der Waals surface area (Å²) < 4.78 is 4.86. The highest BCUT2D eigenvalue weighted by Gasteiger charge is 2.11. The molecule has 31 heavy (non-hydrogen) atoms. The Kier molecular flexibility index (Phi) is 20.0. The van der Waals surface area contributed by atoms with E-state index in [1.165, 1.54) is 24.8 Å². The zero-order valence-electron chi connectivity index (χ0n) is 18.9. The Bertz CT molecular complexity index is 701. The van der Waals surface area contributed by atoms with Crippen LogP contribution in [0.15, 0.2) is 61.7 Å². The van der Waals surface area contributed by atoms with E-state index in [1.807, 2.05) is 45.0 Å². The normalized spacial score (nSPS) is 13.1. The molecule has 172 valence electrons. The van der Waals surface area contributed by atoms with Gasteiger partial charge in [-0.15, -0.1) is 13.2 Å². The van der Waals surface area contributed by atoms with Crippen molar-refractivity contribution >= 4 is 24.0 Å². The number of carboxylic acids is 1. The Hall–Kier alpha value is -2.83. The van der Waals surface area contributed by atoms with Crippen LogP contribution >= 0.6 is 11.6 Å². The Labute approximate surface area is 191 Å². The van der Waals surface area contributed by atoms with Crippen molar-refractivity contribution in [1.82, 2.24) is 10.6 Å². The SMILES string of the molecule is C=C.CC.COc1ccc(C(=O)O)cc1.Cc1cccc(Cl)c1.O=CNC1CCNC1. The lowest BCUT2D eigenvalue weighted by molar-refractivity contribution is -0.110. The lowest BCUT2D eigenvalue weighted by atomic mass is 10.2. The summed E-state index contributed by atoms with van der Waals surface area (Å²) in [5.74, 6) is -0.261. The van der Waals surface area contributed by atoms with Crippen molar-refractivity contribution < 1.29 is 19.4 Å². The van der Waals surface area contributed by atoms with E-state index in [4.69, 9.17) is 21.4 Å². The van der Waals surface area contributed by atoms with Crippen molar-refractivity contribution in [3.8, 4) is 5.75 Å². The van der Waals surface area contributed by atoms with Gasteiger partial charge in [-0.05, 0) is 61.9 Å². The van der Waals surface area contributed by atoms with Crippen molar-refractivity contribution in [1.29, 1.82) is 0 Å². The van der Waals surface area contributed by atoms with Gasteiger partial charge in [0.05, 0.1) is 12.7 Å². The van der Waals surface area contributed by atoms with Crippen molar-refractivity contribution in [2.24, 2.45) is 0 Å². The number of methoxy groups -OCH3 is 1. The summed E-state index contributed by atoms with van der Waals surface area (Å²) in [5, 5.41) is 15.2. The van der Waals surface area contributed by atoms with Crippen LogP contribution in [0.25, 0.3) is 0 Å². The summed E-state index contributed by atoms with van der Waals surface area (Å²) in [6.45, 7) is 14.0. The van der Waals surface area contributed by atoms with Gasteiger partial charge < -0.3 is 20.5 Å². The molecule has 0 bridgehead atoms. The molecule has 1 saturated heterocycles. The number of hydrogen-bond donors (Lipinski definition) is 3. The Morgan fingerprint density at radius 2 is 1.84 bits per heavy atom. The summed E-state index contributed by atoms with van der Waals surface area (Å²) >= 11 is 5.64. The second-order valence-electron chi connectivity index (χ2n) is 5.81. The zero-order chi connectivity index (χ0) is 24.1. The molecule has 6 nitrogen and oxygen atoms in total. The van der Waals surface area contributed by atoms with Crippen LogP contribution in [0, 0.1) is 6.92 Å². The van der Waals surface area contributed by atoms with Crippen molar-refractivity contribution in [2.45, 2.75) is 33.2 Å². The number of rotatable bonds is 4. The third kappa shape index (κ3) is 15.6. The van der Waals surface area contributed by atoms with Crippen molar-refractivity contribution in [2.75, 3.05) is 20.2 Å². The standard InChI is InChI=1S/C8H8O3.C7H7Cl.C5H10N2O.C2H6.C2H4/c1-11-7-4-2-6(3-5-7)8(9)10;1-6-3-2-4-7(8)5-6;8-4-7-5-1-2-6-3-5;2*1-2/h2-5H,1H3,(H,9,10);2-5H,1H3;4-6H,1-3H2,(H,7,8);1-2H3;1-2H2. The van der Waals surface area contributed by atoms with E-state index in [-0.39, 0.29) is 5.56 Å². The zero-order valence-corrected chi connectivity index (χ0v) is 19.6. The topological polar surface area (TPSA) is 87.7 Å². The van der Waals surface area contributed by atoms with E-state index in [9.17, 15) is 9.59 Å². The monoisotopic (exact) mass is 450 g/mol. The second-order valence-corrected chi connectivity index (χ2v) is 6.24. The van der Waals surface area contributed by atoms with Gasteiger partial charge in [0, 0.05) is 17.6 Å². The van der Waals surface area contributed by atoms with Crippen LogP contribution in [-0.2, 0) is 4.79 Å². The highest BCUT2D eigenvalue weighted by atomic mass is 35.5. The molecule has 3 rings (SSSR count). The summed E-state index contributed by atoms with van der Waals surface area (Å²) in [5.41, 5.74) is 1.48. The molecule has 1 fully saturated rings. The van der Waals surface area contributed by atoms with Crippen LogP contribution in [0.3, 0.4) is 0 Å². The summed E-state index contributed by atoms with van der Waals surface area (Å²) in [4.78, 5) is 20.2. The fourth-order valence-electron chi connectivity index (χ4n) is 2.23. The highest BCUT2D eigenvalue weighted by Crippen LogP contribution is 2.10. The quantitative estimate of drug-likeness (QED) is 0.452. The summed E-state index contributed by atoms with van der Waals surface area (Å²) in [7, 11) is 1.54. The van der Waals surface area contributed by atoms with E-state index in [1.54, 1.807) is 12.1 Å². The smallest absolute Gasteiger partial charge is 0.335 e. The molecule has 3 N–H and O–H groups in total. The molecule has 0 saturated carbocycles. The molecule has 1 atom stereocenters. The molecule has 0 radical (unpaired) electrons. The summed E-state index contributed by atoms with van der Waals surface area (Å²) in [6, 6.07) is 14.4. The first-order chi connectivity index (χ1) is 15.0. The third-order valence-electron chi connectivity index (χ3n) is 3.68. The number of aromatic carboxylic acids is 1. The number of carbonyl (C=O) groups is 2. The first-order valence-corrected chi connectivity index (χ1v) is 10.3. The van der Waals surface area contributed by atoms with E-state index in [0.29, 0.717) is 11.8 Å². The number of aryl methyl sites for hydroxylation is 1. The molecule has 1 aliphatic rings. The Morgan fingerprint density at radius 1 is 1.23 bits per heavy atom. The molecule has 0 aromatic heterocycles. The van der Waals surface area contributed by atoms with Crippen LogP contribution < -0.4 is 15.4 Å². The largest absolute Gasteiger partial charge is 0.497 e. The van der Waals surface area contributed by atoms with Gasteiger partial charge in [-0.2, -0.15) is 0 Å². The van der Waals surface area contributed by atoms with Gasteiger partial charge in [-0.1, -0.05) is 37.6 Å². The lowest BCUT2D eigenvalue weighted by Gasteiger charge is -2.02. The van der Waals surface area contributed by atoms with Crippen molar-refractivity contribution in [3.63, 3.8) is 0 Å². The number of nitrogens with one attached hydrogen (secondary N) is 2. The van der Waals surface area contributed by atoms with Crippen LogP contribution in [0.5, 0.6) is 5.75 Å². The number of benzene rings is 2. The molecule has 0 spiro atoms. The lowest BCUT2D eigenvalue weighted by Crippen LogP contribution is -2.29. The van der Waals surface area contributed by atoms with Gasteiger partial charge in [-0.3, -0.25) is 4.79 Å². The number of ether oxygens (including phenoxy) is 1. The van der Waals surface area contributed by atoms with Crippen LogP contribution in [0.4, 0.5) is 0 Å². The molecular weight excluding hydrogens is 416 g/mol. The molecule has 7 heteroatoms. The van der Waals surface area contributed by atoms with Crippen LogP contribution in [-0.4, -0.2) is 43.7 Å². The van der Waals surface area contributed by atoms with Crippen molar-refractivity contribution in [3.05, 3.63) is 77.8 Å². The first kappa shape index (κ1) is 30.4. The van der Waals surface area contributed by atoms with Gasteiger partial charge in [-0.25, -0.2) is 4.79 Å². The Morgan fingerprint density at radius 3 is 2.19 bits per heavy atom. The molecular formula is C24H35ClN2O4. The highest BCUT2D eigenvalue weighted by molar-refractivity contribution is 6.30. The van der Waals surface area contributed by atoms with E-state index in [2.05, 4.69) is 23.8 Å². The minimum absolute atomic E-state index is 0.269. The molecule has 1 unspecified atom stereocenters. The van der Waals surface area contributed by atoms with Gasteiger partial charge in [0.1, 0.15) is 5.75 Å². The summed E-state index contributed by atoms with van der Waals surface area (Å²) in [6.07, 6.45) is 1.83. The molecule has 1 aliphatic heterocycles. The number of carbonyl (C=O) groups excluding carboxylic acids is 1. The van der Waals surface area contributed by atoms with E-state index >= 15 is 0 Å². The minimum Gasteiger partial charge on any atom is -0.497 e. The van der Waals surface area contributed by atoms with Gasteiger partial charge in [0.15, 0.2) is 0 Å². The maximum absolute atomic E-state index is 10.4. The minimum atomic E-state index is -0.923. The molecule has 1 amide bonds. The number of amides is 1. The third-order valence-corrected chi connectivity index (χ3v) is 3.92. The van der Waals surface area contributed by atoms with Gasteiger partial charge in [0.25, 0.3) is 0 Å². The van der Waals surface area contributed by atoms with Crippen LogP contribution in [0.1, 0.15) is 36.2 Å². The number of hydrogen-bond acceptors (Lipinski definition) is 4. The fourth-order valence-corrected chi connectivity index (χ4v) is 2.48. The fraction of sp³-hybridized carbons (Fsp3) is 0.333.